The van der Waals surface area contributed by atoms with Crippen LogP contribution in [0, 0.1) is 12.7 Å². The largest absolute Gasteiger partial charge is 0.419 e. The molecule has 0 fully saturated rings. The van der Waals surface area contributed by atoms with Gasteiger partial charge in [-0.25, -0.2) is 12.8 Å². The van der Waals surface area contributed by atoms with Crippen LogP contribution in [0.5, 0.6) is 0 Å². The van der Waals surface area contributed by atoms with E-state index in [1.807, 2.05) is 0 Å². The van der Waals surface area contributed by atoms with E-state index >= 15 is 0 Å². The van der Waals surface area contributed by atoms with Gasteiger partial charge in [0.05, 0.1) is 22.0 Å². The number of rotatable bonds is 6. The first-order chi connectivity index (χ1) is 13.2. The van der Waals surface area contributed by atoms with Crippen molar-refractivity contribution in [1.29, 1.82) is 0 Å². The van der Waals surface area contributed by atoms with Crippen LogP contribution < -0.4 is 0 Å². The van der Waals surface area contributed by atoms with Crippen molar-refractivity contribution in [3.8, 4) is 11.5 Å². The molecule has 0 saturated heterocycles. The molecule has 0 aliphatic rings. The van der Waals surface area contributed by atoms with E-state index in [0.717, 1.165) is 6.07 Å². The summed E-state index contributed by atoms with van der Waals surface area (Å²) < 4.78 is 46.5. The van der Waals surface area contributed by atoms with Crippen molar-refractivity contribution >= 4 is 21.6 Å². The molecule has 3 rings (SSSR count). The summed E-state index contributed by atoms with van der Waals surface area (Å²) in [6.07, 6.45) is 0. The lowest BCUT2D eigenvalue weighted by Crippen LogP contribution is -2.36. The number of nitrogens with zero attached hydrogens (tertiary/aromatic N) is 3. The molecule has 0 bridgehead atoms. The van der Waals surface area contributed by atoms with E-state index in [1.165, 1.54) is 16.4 Å². The van der Waals surface area contributed by atoms with Crippen molar-refractivity contribution < 1.29 is 17.2 Å². The van der Waals surface area contributed by atoms with Crippen LogP contribution in [0.1, 0.15) is 25.3 Å². The summed E-state index contributed by atoms with van der Waals surface area (Å²) in [6.45, 7) is 4.91. The Kier molecular flexibility index (Phi) is 5.83. The standard InChI is InChI=1S/C19H19ClFN3O3S/c1-12(2)24(28(25,26)17-9-8-14(21)10-13(17)3)11-18-22-23-19(27-18)15-6-4-5-7-16(15)20/h4-10,12H,11H2,1-3H3. The van der Waals surface area contributed by atoms with Crippen molar-refractivity contribution in [3.63, 3.8) is 0 Å². The second-order valence-corrected chi connectivity index (χ2v) is 8.80. The van der Waals surface area contributed by atoms with Gasteiger partial charge >= 0.3 is 0 Å². The molecular weight excluding hydrogens is 405 g/mol. The topological polar surface area (TPSA) is 76.3 Å². The van der Waals surface area contributed by atoms with Gasteiger partial charge in [-0.3, -0.25) is 0 Å². The minimum atomic E-state index is -3.90. The lowest BCUT2D eigenvalue weighted by atomic mass is 10.2. The third-order valence-electron chi connectivity index (χ3n) is 4.16. The maximum absolute atomic E-state index is 13.4. The molecule has 0 atom stereocenters. The van der Waals surface area contributed by atoms with Gasteiger partial charge in [0.1, 0.15) is 5.82 Å². The maximum Gasteiger partial charge on any atom is 0.249 e. The first kappa shape index (κ1) is 20.4. The lowest BCUT2D eigenvalue weighted by Gasteiger charge is -2.25. The fourth-order valence-electron chi connectivity index (χ4n) is 2.77. The normalized spacial score (nSPS) is 12.1. The highest BCUT2D eigenvalue weighted by molar-refractivity contribution is 7.89. The quantitative estimate of drug-likeness (QED) is 0.586. The zero-order valence-corrected chi connectivity index (χ0v) is 17.1. The Morgan fingerprint density at radius 1 is 1.18 bits per heavy atom. The molecule has 0 saturated carbocycles. The molecule has 1 heterocycles. The Morgan fingerprint density at radius 2 is 1.89 bits per heavy atom. The summed E-state index contributed by atoms with van der Waals surface area (Å²) in [5, 5.41) is 8.38. The lowest BCUT2D eigenvalue weighted by molar-refractivity contribution is 0.312. The van der Waals surface area contributed by atoms with E-state index in [2.05, 4.69) is 10.2 Å². The molecule has 0 N–H and O–H groups in total. The van der Waals surface area contributed by atoms with Crippen LogP contribution in [0.15, 0.2) is 51.8 Å². The average Bonchev–Trinajstić information content (AvgIpc) is 3.08. The van der Waals surface area contributed by atoms with Gasteiger partial charge < -0.3 is 4.42 Å². The molecule has 2 aromatic carbocycles. The Morgan fingerprint density at radius 3 is 2.54 bits per heavy atom. The Balaban J connectivity index is 1.93. The van der Waals surface area contributed by atoms with Crippen LogP contribution in [0.3, 0.4) is 0 Å². The van der Waals surface area contributed by atoms with Gasteiger partial charge in [-0.05, 0) is 56.7 Å². The minimum Gasteiger partial charge on any atom is -0.419 e. The van der Waals surface area contributed by atoms with Crippen LogP contribution in [0.25, 0.3) is 11.5 Å². The van der Waals surface area contributed by atoms with E-state index in [0.29, 0.717) is 16.1 Å². The molecule has 28 heavy (non-hydrogen) atoms. The number of halogens is 2. The molecule has 148 valence electrons. The van der Waals surface area contributed by atoms with Gasteiger partial charge in [-0.2, -0.15) is 4.31 Å². The number of aromatic nitrogens is 2. The first-order valence-corrected chi connectivity index (χ1v) is 10.4. The maximum atomic E-state index is 13.4. The van der Waals surface area contributed by atoms with Gasteiger partial charge in [0.15, 0.2) is 0 Å². The van der Waals surface area contributed by atoms with Crippen LogP contribution in [0.4, 0.5) is 4.39 Å². The summed E-state index contributed by atoms with van der Waals surface area (Å²) in [5.74, 6) is -0.152. The van der Waals surface area contributed by atoms with E-state index < -0.39 is 15.8 Å². The minimum absolute atomic E-state index is 0.0356. The van der Waals surface area contributed by atoms with Gasteiger partial charge in [0, 0.05) is 6.04 Å². The van der Waals surface area contributed by atoms with Crippen LogP contribution in [-0.4, -0.2) is 29.0 Å². The molecule has 3 aromatic rings. The fraction of sp³-hybridized carbons (Fsp3) is 0.263. The molecule has 0 aliphatic heterocycles. The van der Waals surface area contributed by atoms with E-state index in [4.69, 9.17) is 16.0 Å². The number of benzene rings is 2. The highest BCUT2D eigenvalue weighted by atomic mass is 35.5. The Bertz CT molecular complexity index is 1100. The van der Waals surface area contributed by atoms with Crippen LogP contribution >= 0.6 is 11.6 Å². The Hall–Kier alpha value is -2.29. The molecule has 0 amide bonds. The smallest absolute Gasteiger partial charge is 0.249 e. The summed E-state index contributed by atoms with van der Waals surface area (Å²) in [4.78, 5) is 0.0356. The molecular formula is C19H19ClFN3O3S. The third kappa shape index (κ3) is 4.09. The van der Waals surface area contributed by atoms with Crippen LogP contribution in [0.2, 0.25) is 5.02 Å². The molecule has 0 radical (unpaired) electrons. The van der Waals surface area contributed by atoms with E-state index in [1.54, 1.807) is 45.0 Å². The Labute approximate surface area is 168 Å². The van der Waals surface area contributed by atoms with Crippen molar-refractivity contribution in [3.05, 3.63) is 64.8 Å². The summed E-state index contributed by atoms with van der Waals surface area (Å²) in [7, 11) is -3.90. The highest BCUT2D eigenvalue weighted by Gasteiger charge is 2.30. The zero-order chi connectivity index (χ0) is 20.5. The molecule has 0 aliphatic carbocycles. The zero-order valence-electron chi connectivity index (χ0n) is 15.6. The summed E-state index contributed by atoms with van der Waals surface area (Å²) in [5.41, 5.74) is 0.893. The van der Waals surface area contributed by atoms with Gasteiger partial charge in [0.25, 0.3) is 0 Å². The fourth-order valence-corrected chi connectivity index (χ4v) is 4.78. The third-order valence-corrected chi connectivity index (χ3v) is 6.67. The molecule has 0 unspecified atom stereocenters. The number of sulfonamides is 1. The molecule has 9 heteroatoms. The van der Waals surface area contributed by atoms with Gasteiger partial charge in [-0.15, -0.1) is 10.2 Å². The van der Waals surface area contributed by atoms with Gasteiger partial charge in [-0.1, -0.05) is 23.7 Å². The first-order valence-electron chi connectivity index (χ1n) is 8.55. The van der Waals surface area contributed by atoms with Crippen molar-refractivity contribution in [2.24, 2.45) is 0 Å². The van der Waals surface area contributed by atoms with Gasteiger partial charge in [0.2, 0.25) is 21.8 Å². The monoisotopic (exact) mass is 423 g/mol. The predicted octanol–water partition coefficient (Wildman–Crippen LogP) is 4.44. The van der Waals surface area contributed by atoms with Crippen molar-refractivity contribution in [1.82, 2.24) is 14.5 Å². The highest BCUT2D eigenvalue weighted by Crippen LogP contribution is 2.28. The SMILES string of the molecule is Cc1cc(F)ccc1S(=O)(=O)N(Cc1nnc(-c2ccccc2Cl)o1)C(C)C. The number of aryl methyl sites for hydroxylation is 1. The number of hydrogen-bond donors (Lipinski definition) is 0. The van der Waals surface area contributed by atoms with Crippen molar-refractivity contribution in [2.45, 2.75) is 38.3 Å². The average molecular weight is 424 g/mol. The molecule has 1 aromatic heterocycles. The second kappa shape index (κ2) is 7.98. The summed E-state index contributed by atoms with van der Waals surface area (Å²) in [6, 6.07) is 10.2. The van der Waals surface area contributed by atoms with E-state index in [9.17, 15) is 12.8 Å². The molecule has 6 nitrogen and oxygen atoms in total. The molecule has 0 spiro atoms. The second-order valence-electron chi connectivity index (χ2n) is 6.53. The van der Waals surface area contributed by atoms with E-state index in [-0.39, 0.29) is 29.3 Å². The van der Waals surface area contributed by atoms with Crippen molar-refractivity contribution in [2.75, 3.05) is 0 Å². The predicted molar refractivity (Wildman–Crippen MR) is 104 cm³/mol. The van der Waals surface area contributed by atoms with Crippen LogP contribution in [-0.2, 0) is 16.6 Å². The number of hydrogen-bond acceptors (Lipinski definition) is 5. The summed E-state index contributed by atoms with van der Waals surface area (Å²) >= 11 is 6.14.